The number of nitrogens with zero attached hydrogens (tertiary/aromatic N) is 1. The van der Waals surface area contributed by atoms with Gasteiger partial charge < -0.3 is 0 Å². The first-order chi connectivity index (χ1) is 19.6. The number of alkyl halides is 8. The smallest absolute Gasteiger partial charge is 0.201 e. The molecule has 1 nitrogen and oxygen atoms in total. The van der Waals surface area contributed by atoms with Crippen LogP contribution in [0.2, 0.25) is 0 Å². The van der Waals surface area contributed by atoms with Gasteiger partial charge in [0.25, 0.3) is 0 Å². The third-order valence-electron chi connectivity index (χ3n) is 6.10. The lowest BCUT2D eigenvalue weighted by atomic mass is 9.78. The van der Waals surface area contributed by atoms with Gasteiger partial charge in [-0.25, -0.2) is 4.57 Å². The highest BCUT2D eigenvalue weighted by molar-refractivity contribution is 5.76. The van der Waals surface area contributed by atoms with E-state index in [0.717, 1.165) is 24.4 Å². The molecule has 1 aliphatic carbocycles. The maximum Gasteiger partial charge on any atom is 0.382 e. The molecule has 35 heavy (non-hydrogen) atoms. The van der Waals surface area contributed by atoms with Crippen LogP contribution < -0.4 is 4.57 Å². The molecular formula is C26H22F8N+. The SMILES string of the molecule is [2H]C([2H])([2H])c1cc(C)c(-c2cc(C([2H])([2H])[2H])c(C([2H])([2H])[2H])c[n+]2C)cc1-c1ccc2c(c1)C(F)(F)C(F)(F)C(F)(F)C2(F)F. The van der Waals surface area contributed by atoms with Crippen LogP contribution in [0.25, 0.3) is 22.4 Å². The molecular weight excluding hydrogens is 478 g/mol. The molecule has 0 fully saturated rings. The second-order valence-corrected chi connectivity index (χ2v) is 8.37. The Morgan fingerprint density at radius 2 is 1.26 bits per heavy atom. The molecule has 0 saturated heterocycles. The van der Waals surface area contributed by atoms with Crippen LogP contribution in [-0.2, 0) is 18.9 Å². The number of halogens is 8. The van der Waals surface area contributed by atoms with Crippen molar-refractivity contribution in [2.24, 2.45) is 7.05 Å². The Hall–Kier alpha value is -2.97. The third kappa shape index (κ3) is 3.30. The van der Waals surface area contributed by atoms with Gasteiger partial charge in [-0.15, -0.1) is 0 Å². The number of fused-ring (bicyclic) bond motifs is 1. The summed E-state index contributed by atoms with van der Waals surface area (Å²) in [5.41, 5.74) is -6.75. The standard InChI is InChI=1S/C26H22F8N/c1-13-9-22(35(5)12-16(13)4)19-11-18(14(2)8-15(19)3)17-6-7-20-21(10-17)24(29,30)26(33,34)25(31,32)23(20,27)28/h6-12H,1-5H3/q+1/i1D3,2D3,4D3. The molecule has 0 saturated carbocycles. The van der Waals surface area contributed by atoms with Gasteiger partial charge in [-0.2, -0.15) is 35.1 Å². The van der Waals surface area contributed by atoms with Gasteiger partial charge in [0.1, 0.15) is 7.05 Å². The summed E-state index contributed by atoms with van der Waals surface area (Å²) in [6.07, 6.45) is 1.02. The average molecular weight is 510 g/mol. The van der Waals surface area contributed by atoms with Gasteiger partial charge in [0.05, 0.1) is 0 Å². The number of pyridine rings is 1. The minimum atomic E-state index is -6.52. The Bertz CT molecular complexity index is 1660. The Morgan fingerprint density at radius 1 is 0.657 bits per heavy atom. The van der Waals surface area contributed by atoms with Crippen molar-refractivity contribution in [1.82, 2.24) is 0 Å². The third-order valence-corrected chi connectivity index (χ3v) is 6.10. The van der Waals surface area contributed by atoms with Gasteiger partial charge in [0.2, 0.25) is 5.69 Å². The predicted molar refractivity (Wildman–Crippen MR) is 115 cm³/mol. The quantitative estimate of drug-likeness (QED) is 0.248. The van der Waals surface area contributed by atoms with E-state index in [2.05, 4.69) is 0 Å². The second-order valence-electron chi connectivity index (χ2n) is 8.37. The Morgan fingerprint density at radius 3 is 1.86 bits per heavy atom. The van der Waals surface area contributed by atoms with Gasteiger partial charge in [-0.1, -0.05) is 18.2 Å². The van der Waals surface area contributed by atoms with Gasteiger partial charge in [0, 0.05) is 40.7 Å². The zero-order chi connectivity index (χ0) is 33.8. The summed E-state index contributed by atoms with van der Waals surface area (Å²) in [5, 5.41) is 0. The second kappa shape index (κ2) is 7.51. The number of benzene rings is 2. The Kier molecular flexibility index (Phi) is 3.41. The molecule has 0 amide bonds. The van der Waals surface area contributed by atoms with E-state index >= 15 is 0 Å². The van der Waals surface area contributed by atoms with E-state index in [0.29, 0.717) is 6.07 Å². The largest absolute Gasteiger partial charge is 0.382 e. The van der Waals surface area contributed by atoms with Crippen LogP contribution in [0, 0.1) is 27.5 Å². The van der Waals surface area contributed by atoms with Crippen molar-refractivity contribution >= 4 is 0 Å². The monoisotopic (exact) mass is 509 g/mol. The molecule has 3 aromatic rings. The summed E-state index contributed by atoms with van der Waals surface area (Å²) in [7, 11) is 1.34. The average Bonchev–Trinajstić information content (AvgIpc) is 2.85. The molecule has 2 aromatic carbocycles. The van der Waals surface area contributed by atoms with Crippen molar-refractivity contribution in [3.05, 3.63) is 76.0 Å². The van der Waals surface area contributed by atoms with Crippen LogP contribution in [0.15, 0.2) is 42.6 Å². The maximum absolute atomic E-state index is 14.8. The Labute approximate surface area is 209 Å². The molecule has 0 spiro atoms. The van der Waals surface area contributed by atoms with E-state index in [1.165, 1.54) is 18.5 Å². The summed E-state index contributed by atoms with van der Waals surface area (Å²) in [6.45, 7) is -7.41. The van der Waals surface area contributed by atoms with E-state index in [4.69, 9.17) is 12.3 Å². The molecule has 0 radical (unpaired) electrons. The summed E-state index contributed by atoms with van der Waals surface area (Å²) in [6, 6.07) is 3.93. The molecule has 4 rings (SSSR count). The molecule has 1 aromatic heterocycles. The molecule has 0 aliphatic heterocycles. The van der Waals surface area contributed by atoms with Crippen molar-refractivity contribution in [2.75, 3.05) is 0 Å². The first-order valence-corrected chi connectivity index (χ1v) is 9.95. The fourth-order valence-electron chi connectivity index (χ4n) is 4.12. The molecule has 186 valence electrons. The number of aryl methyl sites for hydroxylation is 5. The molecule has 0 atom stereocenters. The van der Waals surface area contributed by atoms with Crippen molar-refractivity contribution in [1.29, 1.82) is 0 Å². The van der Waals surface area contributed by atoms with E-state index < -0.39 is 83.2 Å². The van der Waals surface area contributed by atoms with E-state index in [1.807, 2.05) is 0 Å². The van der Waals surface area contributed by atoms with Crippen LogP contribution in [0.3, 0.4) is 0 Å². The summed E-state index contributed by atoms with van der Waals surface area (Å²) >= 11 is 0. The normalized spacial score (nSPS) is 24.2. The van der Waals surface area contributed by atoms with Crippen molar-refractivity contribution in [3.63, 3.8) is 0 Å². The fourth-order valence-corrected chi connectivity index (χ4v) is 4.12. The van der Waals surface area contributed by atoms with Gasteiger partial charge in [-0.3, -0.25) is 0 Å². The minimum absolute atomic E-state index is 0.000894. The first-order valence-electron chi connectivity index (χ1n) is 14.4. The van der Waals surface area contributed by atoms with Gasteiger partial charge in [0.15, 0.2) is 6.20 Å². The first kappa shape index (κ1) is 15.9. The van der Waals surface area contributed by atoms with E-state index in [1.54, 1.807) is 0 Å². The summed E-state index contributed by atoms with van der Waals surface area (Å²) < 4.78 is 187. The highest BCUT2D eigenvalue weighted by atomic mass is 19.4. The number of hydrogen-bond acceptors (Lipinski definition) is 0. The van der Waals surface area contributed by atoms with Gasteiger partial charge in [-0.05, 0) is 67.4 Å². The molecule has 0 unspecified atom stereocenters. The van der Waals surface area contributed by atoms with Crippen LogP contribution in [-0.4, -0.2) is 11.8 Å². The lowest BCUT2D eigenvalue weighted by molar-refractivity contribution is -0.660. The molecule has 1 heterocycles. The van der Waals surface area contributed by atoms with Crippen molar-refractivity contribution in [3.8, 4) is 22.4 Å². The predicted octanol–water partition coefficient (Wildman–Crippen LogP) is 7.55. The zero-order valence-corrected chi connectivity index (χ0v) is 18.0. The molecule has 0 bridgehead atoms. The minimum Gasteiger partial charge on any atom is -0.201 e. The lowest BCUT2D eigenvalue weighted by Gasteiger charge is -2.42. The number of rotatable bonds is 2. The van der Waals surface area contributed by atoms with Crippen LogP contribution in [0.4, 0.5) is 35.1 Å². The fraction of sp³-hybridized carbons (Fsp3) is 0.346. The number of hydrogen-bond donors (Lipinski definition) is 0. The van der Waals surface area contributed by atoms with Crippen LogP contribution in [0.1, 0.15) is 45.7 Å². The molecule has 9 heteroatoms. The number of aromatic nitrogens is 1. The van der Waals surface area contributed by atoms with Gasteiger partial charge >= 0.3 is 23.7 Å². The van der Waals surface area contributed by atoms with E-state index in [-0.39, 0.29) is 29.0 Å². The zero-order valence-electron chi connectivity index (χ0n) is 27.0. The van der Waals surface area contributed by atoms with E-state index in [9.17, 15) is 35.1 Å². The van der Waals surface area contributed by atoms with Crippen LogP contribution >= 0.6 is 0 Å². The summed E-state index contributed by atoms with van der Waals surface area (Å²) in [4.78, 5) is 0. The highest BCUT2D eigenvalue weighted by Crippen LogP contribution is 2.64. The van der Waals surface area contributed by atoms with Crippen LogP contribution in [0.5, 0.6) is 0 Å². The van der Waals surface area contributed by atoms with Crippen molar-refractivity contribution < 1.29 is 52.0 Å². The topological polar surface area (TPSA) is 3.88 Å². The lowest BCUT2D eigenvalue weighted by Crippen LogP contribution is -2.63. The summed E-state index contributed by atoms with van der Waals surface area (Å²) in [5.74, 6) is -24.5. The maximum atomic E-state index is 14.8. The molecule has 1 aliphatic rings. The highest BCUT2D eigenvalue weighted by Gasteiger charge is 2.85. The Balaban J connectivity index is 2.07. The molecule has 0 N–H and O–H groups in total. The van der Waals surface area contributed by atoms with Crippen molar-refractivity contribution in [2.45, 2.75) is 51.2 Å².